The van der Waals surface area contributed by atoms with Gasteiger partial charge in [0.2, 0.25) is 0 Å². The van der Waals surface area contributed by atoms with Gasteiger partial charge in [0.15, 0.2) is 0 Å². The highest BCUT2D eigenvalue weighted by Crippen LogP contribution is 2.53. The predicted octanol–water partition coefficient (Wildman–Crippen LogP) is 12.2. The summed E-state index contributed by atoms with van der Waals surface area (Å²) in [7, 11) is 0. The molecule has 2 aromatic heterocycles. The van der Waals surface area contributed by atoms with E-state index in [0.717, 1.165) is 40.7 Å². The second-order valence-corrected chi connectivity index (χ2v) is 12.8. The molecule has 8 aromatic rings. The van der Waals surface area contributed by atoms with Crippen molar-refractivity contribution >= 4 is 54.9 Å². The summed E-state index contributed by atoms with van der Waals surface area (Å²) in [4.78, 5) is 0. The van der Waals surface area contributed by atoms with Crippen LogP contribution in [0.15, 0.2) is 157 Å². The maximum absolute atomic E-state index is 6.49. The summed E-state index contributed by atoms with van der Waals surface area (Å²) in [6.45, 7) is 4.85. The lowest BCUT2D eigenvalue weighted by Crippen LogP contribution is -2.13. The molecule has 2 nitrogen and oxygen atoms in total. The van der Waals surface area contributed by atoms with Crippen molar-refractivity contribution in [2.45, 2.75) is 18.8 Å². The molecule has 0 aliphatic heterocycles. The monoisotopic (exact) mass is 601 g/mol. The minimum atomic E-state index is -0.0503. The van der Waals surface area contributed by atoms with E-state index in [-0.39, 0.29) is 5.92 Å². The van der Waals surface area contributed by atoms with E-state index in [1.165, 1.54) is 66.1 Å². The molecule has 6 aromatic carbocycles. The third-order valence-electron chi connectivity index (χ3n) is 10.2. The lowest BCUT2D eigenvalue weighted by atomic mass is 9.72. The first kappa shape index (κ1) is 26.4. The van der Waals surface area contributed by atoms with Crippen molar-refractivity contribution in [1.29, 1.82) is 0 Å². The standard InChI is InChI=1S/C45H31NO/c1-28-32-17-8-9-18-34(32)36-24-25-37-35-19-10-11-21-39(35)46(31-15-6-3-7-16-31)45(37)44(36)42(28)30-23-26-40-38(27-30)43-33(20-12-22-41(43)47-40)29-13-4-2-5-14-29/h3-4,6-27,42H,1-2,5H2/t42-/m1/s1. The van der Waals surface area contributed by atoms with Crippen molar-refractivity contribution in [2.24, 2.45) is 0 Å². The van der Waals surface area contributed by atoms with Gasteiger partial charge in [-0.05, 0) is 93.8 Å². The van der Waals surface area contributed by atoms with Gasteiger partial charge in [-0.1, -0.05) is 116 Å². The van der Waals surface area contributed by atoms with E-state index in [1.807, 2.05) is 0 Å². The van der Waals surface area contributed by atoms with Crippen molar-refractivity contribution in [3.8, 4) is 16.8 Å². The Balaban J connectivity index is 1.31. The van der Waals surface area contributed by atoms with Crippen molar-refractivity contribution < 1.29 is 4.42 Å². The van der Waals surface area contributed by atoms with Crippen LogP contribution in [0.5, 0.6) is 0 Å². The second kappa shape index (κ2) is 10.1. The molecule has 0 saturated carbocycles. The predicted molar refractivity (Wildman–Crippen MR) is 197 cm³/mol. The molecule has 0 spiro atoms. The minimum Gasteiger partial charge on any atom is -0.456 e. The zero-order chi connectivity index (χ0) is 31.1. The molecular weight excluding hydrogens is 571 g/mol. The molecular formula is C45H31NO. The highest BCUT2D eigenvalue weighted by atomic mass is 16.3. The SMILES string of the molecule is C=C1c2ccccc2-c2ccc3c4ccccc4n(-c4ccccc4)c3c2[C@H]1c1ccc2oc3cccc(C4=CCCC=C4)c3c2c1. The third kappa shape index (κ3) is 3.79. The first-order valence-corrected chi connectivity index (χ1v) is 16.5. The maximum atomic E-state index is 6.49. The number of para-hydroxylation sites is 2. The van der Waals surface area contributed by atoms with Gasteiger partial charge in [0.1, 0.15) is 11.2 Å². The topological polar surface area (TPSA) is 18.1 Å². The van der Waals surface area contributed by atoms with Gasteiger partial charge in [-0.3, -0.25) is 0 Å². The fourth-order valence-electron chi connectivity index (χ4n) is 8.23. The molecule has 2 heterocycles. The Morgan fingerprint density at radius 3 is 2.30 bits per heavy atom. The number of benzene rings is 6. The van der Waals surface area contributed by atoms with Crippen LogP contribution in [0.2, 0.25) is 0 Å². The Hall–Kier alpha value is -5.86. The van der Waals surface area contributed by atoms with Crippen molar-refractivity contribution in [3.05, 3.63) is 174 Å². The van der Waals surface area contributed by atoms with E-state index in [2.05, 4.69) is 150 Å². The number of furan rings is 1. The minimum absolute atomic E-state index is 0.0503. The molecule has 0 fully saturated rings. The zero-order valence-corrected chi connectivity index (χ0v) is 25.9. The van der Waals surface area contributed by atoms with E-state index in [0.29, 0.717) is 0 Å². The molecule has 0 bridgehead atoms. The van der Waals surface area contributed by atoms with Gasteiger partial charge < -0.3 is 8.98 Å². The average Bonchev–Trinajstić information content (AvgIpc) is 3.68. The molecule has 0 unspecified atom stereocenters. The van der Waals surface area contributed by atoms with Crippen molar-refractivity contribution in [2.75, 3.05) is 0 Å². The van der Waals surface area contributed by atoms with Gasteiger partial charge in [0, 0.05) is 33.2 Å². The van der Waals surface area contributed by atoms with E-state index in [4.69, 9.17) is 11.0 Å². The van der Waals surface area contributed by atoms with Crippen LogP contribution in [-0.4, -0.2) is 4.57 Å². The van der Waals surface area contributed by atoms with Crippen LogP contribution in [0.1, 0.15) is 41.0 Å². The van der Waals surface area contributed by atoms with Gasteiger partial charge in [-0.2, -0.15) is 0 Å². The molecule has 2 aliphatic rings. The summed E-state index contributed by atoms with van der Waals surface area (Å²) in [5.41, 5.74) is 15.3. The highest BCUT2D eigenvalue weighted by molar-refractivity contribution is 6.15. The zero-order valence-electron chi connectivity index (χ0n) is 25.9. The van der Waals surface area contributed by atoms with Gasteiger partial charge in [0.05, 0.1) is 11.0 Å². The normalized spacial score (nSPS) is 15.8. The lowest BCUT2D eigenvalue weighted by molar-refractivity contribution is 0.668. The Labute approximate surface area is 273 Å². The molecule has 10 rings (SSSR count). The van der Waals surface area contributed by atoms with Crippen LogP contribution in [0.4, 0.5) is 0 Å². The molecule has 2 aliphatic carbocycles. The van der Waals surface area contributed by atoms with Gasteiger partial charge in [0.25, 0.3) is 0 Å². The van der Waals surface area contributed by atoms with Crippen molar-refractivity contribution in [1.82, 2.24) is 4.57 Å². The Morgan fingerprint density at radius 2 is 1.43 bits per heavy atom. The number of allylic oxidation sites excluding steroid dienone is 5. The molecule has 1 atom stereocenters. The van der Waals surface area contributed by atoms with E-state index in [1.54, 1.807) is 0 Å². The highest BCUT2D eigenvalue weighted by Gasteiger charge is 2.33. The average molecular weight is 602 g/mol. The van der Waals surface area contributed by atoms with Crippen LogP contribution < -0.4 is 0 Å². The van der Waals surface area contributed by atoms with Crippen LogP contribution in [0, 0.1) is 0 Å². The van der Waals surface area contributed by atoms with Gasteiger partial charge in [-0.15, -0.1) is 0 Å². The summed E-state index contributed by atoms with van der Waals surface area (Å²) >= 11 is 0. The first-order valence-electron chi connectivity index (χ1n) is 16.5. The van der Waals surface area contributed by atoms with Crippen molar-refractivity contribution in [3.63, 3.8) is 0 Å². The van der Waals surface area contributed by atoms with Crippen LogP contribution >= 0.6 is 0 Å². The number of hydrogen-bond donors (Lipinski definition) is 0. The summed E-state index contributed by atoms with van der Waals surface area (Å²) in [6, 6.07) is 46.2. The number of nitrogens with zero attached hydrogens (tertiary/aromatic N) is 1. The van der Waals surface area contributed by atoms with E-state index in [9.17, 15) is 0 Å². The second-order valence-electron chi connectivity index (χ2n) is 12.8. The maximum Gasteiger partial charge on any atom is 0.136 e. The molecule has 47 heavy (non-hydrogen) atoms. The van der Waals surface area contributed by atoms with Crippen LogP contribution in [0.3, 0.4) is 0 Å². The number of hydrogen-bond acceptors (Lipinski definition) is 1. The fourth-order valence-corrected chi connectivity index (χ4v) is 8.23. The van der Waals surface area contributed by atoms with Gasteiger partial charge >= 0.3 is 0 Å². The number of aromatic nitrogens is 1. The molecule has 0 radical (unpaired) electrons. The quantitative estimate of drug-likeness (QED) is 0.197. The van der Waals surface area contributed by atoms with E-state index < -0.39 is 0 Å². The lowest BCUT2D eigenvalue weighted by Gasteiger charge is -2.32. The Bertz CT molecular complexity index is 2640. The Morgan fingerprint density at radius 1 is 0.617 bits per heavy atom. The molecule has 0 amide bonds. The summed E-state index contributed by atoms with van der Waals surface area (Å²) in [5.74, 6) is -0.0503. The molecule has 222 valence electrons. The largest absolute Gasteiger partial charge is 0.456 e. The van der Waals surface area contributed by atoms with Crippen LogP contribution in [0.25, 0.3) is 71.7 Å². The number of fused-ring (bicyclic) bond motifs is 10. The molecule has 0 N–H and O–H groups in total. The Kier molecular flexibility index (Phi) is 5.65. The van der Waals surface area contributed by atoms with Crippen LogP contribution in [-0.2, 0) is 0 Å². The summed E-state index contributed by atoms with van der Waals surface area (Å²) in [6.07, 6.45) is 9.05. The van der Waals surface area contributed by atoms with Gasteiger partial charge in [-0.25, -0.2) is 0 Å². The summed E-state index contributed by atoms with van der Waals surface area (Å²) in [5, 5.41) is 4.85. The first-order chi connectivity index (χ1) is 23.3. The summed E-state index contributed by atoms with van der Waals surface area (Å²) < 4.78 is 8.95. The third-order valence-corrected chi connectivity index (χ3v) is 10.2. The van der Waals surface area contributed by atoms with E-state index >= 15 is 0 Å². The fraction of sp³-hybridized carbons (Fsp3) is 0.0667. The molecule has 0 saturated heterocycles. The molecule has 2 heteroatoms. The number of rotatable bonds is 3. The smallest absolute Gasteiger partial charge is 0.136 e.